The molecule has 1 aromatic carbocycles. The normalized spacial score (nSPS) is 18.5. The van der Waals surface area contributed by atoms with E-state index in [1.807, 2.05) is 22.7 Å². The number of fused-ring (bicyclic) bond motifs is 1. The summed E-state index contributed by atoms with van der Waals surface area (Å²) < 4.78 is 1.84. The monoisotopic (exact) mass is 428 g/mol. The summed E-state index contributed by atoms with van der Waals surface area (Å²) in [5.74, 6) is 0.565. The van der Waals surface area contributed by atoms with E-state index in [1.165, 1.54) is 0 Å². The molecular formula is C19H23Cl3N4O. The van der Waals surface area contributed by atoms with E-state index in [0.29, 0.717) is 21.7 Å². The van der Waals surface area contributed by atoms with Crippen LogP contribution in [-0.2, 0) is 12.8 Å². The number of likely N-dealkylation sites (tertiary alicyclic amines) is 1. The van der Waals surface area contributed by atoms with Gasteiger partial charge in [0.2, 0.25) is 0 Å². The summed E-state index contributed by atoms with van der Waals surface area (Å²) >= 11 is 12.4. The lowest BCUT2D eigenvalue weighted by Gasteiger charge is -2.16. The Kier molecular flexibility index (Phi) is 6.36. The van der Waals surface area contributed by atoms with Gasteiger partial charge in [0.05, 0.1) is 10.7 Å². The zero-order chi connectivity index (χ0) is 18.3. The molecule has 2 heterocycles. The van der Waals surface area contributed by atoms with Gasteiger partial charge >= 0.3 is 0 Å². The van der Waals surface area contributed by atoms with Crippen LogP contribution in [0.2, 0.25) is 10.0 Å². The summed E-state index contributed by atoms with van der Waals surface area (Å²) in [6.07, 6.45) is 3.89. The highest BCUT2D eigenvalue weighted by molar-refractivity contribution is 6.35. The Labute approximate surface area is 175 Å². The van der Waals surface area contributed by atoms with E-state index >= 15 is 0 Å². The van der Waals surface area contributed by atoms with Crippen molar-refractivity contribution in [3.05, 3.63) is 45.2 Å². The van der Waals surface area contributed by atoms with Crippen molar-refractivity contribution in [3.63, 3.8) is 0 Å². The molecule has 1 unspecified atom stereocenters. The van der Waals surface area contributed by atoms with Crippen LogP contribution in [-0.4, -0.2) is 47.3 Å². The van der Waals surface area contributed by atoms with Crippen molar-refractivity contribution in [1.29, 1.82) is 0 Å². The first-order valence-electron chi connectivity index (χ1n) is 9.08. The summed E-state index contributed by atoms with van der Waals surface area (Å²) in [4.78, 5) is 15.1. The molecular weight excluding hydrogens is 407 g/mol. The molecule has 2 aliphatic rings. The van der Waals surface area contributed by atoms with Crippen LogP contribution in [0.5, 0.6) is 0 Å². The summed E-state index contributed by atoms with van der Waals surface area (Å²) in [5.41, 5.74) is 3.55. The minimum Gasteiger partial charge on any atom is -0.337 e. The van der Waals surface area contributed by atoms with Crippen molar-refractivity contribution in [3.8, 4) is 5.69 Å². The molecule has 0 spiro atoms. The number of nitrogens with one attached hydrogen (secondary N) is 1. The van der Waals surface area contributed by atoms with E-state index in [-0.39, 0.29) is 18.3 Å². The fraction of sp³-hybridized carbons (Fsp3) is 0.474. The van der Waals surface area contributed by atoms with Gasteiger partial charge in [0.15, 0.2) is 5.69 Å². The molecule has 27 heavy (non-hydrogen) atoms. The van der Waals surface area contributed by atoms with Crippen molar-refractivity contribution in [2.75, 3.05) is 26.7 Å². The third kappa shape index (κ3) is 3.83. The molecule has 8 heteroatoms. The SMILES string of the molecule is CNCC1CCN(C(=O)c2nn(-c3ccc(Cl)cc3Cl)c3c2CCC3)C1.Cl. The Morgan fingerprint density at radius 2 is 2.15 bits per heavy atom. The molecule has 1 aliphatic carbocycles. The molecule has 1 amide bonds. The highest BCUT2D eigenvalue weighted by Gasteiger charge is 2.33. The van der Waals surface area contributed by atoms with E-state index in [4.69, 9.17) is 28.3 Å². The van der Waals surface area contributed by atoms with Gasteiger partial charge in [-0.15, -0.1) is 12.4 Å². The van der Waals surface area contributed by atoms with E-state index in [1.54, 1.807) is 12.1 Å². The van der Waals surface area contributed by atoms with E-state index in [0.717, 1.165) is 62.3 Å². The number of aromatic nitrogens is 2. The van der Waals surface area contributed by atoms with Gasteiger partial charge in [-0.3, -0.25) is 4.79 Å². The maximum Gasteiger partial charge on any atom is 0.274 e. The molecule has 1 fully saturated rings. The molecule has 4 rings (SSSR count). The lowest BCUT2D eigenvalue weighted by atomic mass is 10.1. The van der Waals surface area contributed by atoms with Gasteiger partial charge in [-0.25, -0.2) is 4.68 Å². The van der Waals surface area contributed by atoms with Gasteiger partial charge in [0.25, 0.3) is 5.91 Å². The van der Waals surface area contributed by atoms with Crippen LogP contribution in [0.1, 0.15) is 34.6 Å². The standard InChI is InChI=1S/C19H22Cl2N4O.ClH/c1-22-10-12-7-8-24(11-12)19(26)18-14-3-2-4-16(14)25(23-18)17-6-5-13(20)9-15(17)21;/h5-6,9,12,22H,2-4,7-8,10-11H2,1H3;1H. The average molecular weight is 430 g/mol. The summed E-state index contributed by atoms with van der Waals surface area (Å²) in [6.45, 7) is 2.54. The number of carbonyl (C=O) groups excluding carboxylic acids is 1. The van der Waals surface area contributed by atoms with Crippen LogP contribution in [0.3, 0.4) is 0 Å². The maximum atomic E-state index is 13.1. The molecule has 0 bridgehead atoms. The summed E-state index contributed by atoms with van der Waals surface area (Å²) in [5, 5.41) is 9.03. The van der Waals surface area contributed by atoms with Crippen LogP contribution < -0.4 is 5.32 Å². The lowest BCUT2D eigenvalue weighted by Crippen LogP contribution is -2.31. The first-order valence-corrected chi connectivity index (χ1v) is 9.84. The van der Waals surface area contributed by atoms with Gasteiger partial charge in [-0.2, -0.15) is 5.10 Å². The molecule has 0 radical (unpaired) electrons. The Hall–Kier alpha value is -1.27. The molecule has 1 N–H and O–H groups in total. The predicted molar refractivity (Wildman–Crippen MR) is 111 cm³/mol. The second-order valence-corrected chi connectivity index (χ2v) is 7.94. The minimum atomic E-state index is 0. The third-order valence-electron chi connectivity index (χ3n) is 5.34. The molecule has 1 aromatic heterocycles. The van der Waals surface area contributed by atoms with Crippen LogP contribution in [0, 0.1) is 5.92 Å². The number of carbonyl (C=O) groups is 1. The Balaban J connectivity index is 0.00000210. The van der Waals surface area contributed by atoms with Crippen molar-refractivity contribution >= 4 is 41.5 Å². The second-order valence-electron chi connectivity index (χ2n) is 7.10. The summed E-state index contributed by atoms with van der Waals surface area (Å²) in [6, 6.07) is 5.38. The fourth-order valence-electron chi connectivity index (χ4n) is 4.08. The summed E-state index contributed by atoms with van der Waals surface area (Å²) in [7, 11) is 1.95. The number of halogens is 3. The van der Waals surface area contributed by atoms with Crippen molar-refractivity contribution < 1.29 is 4.79 Å². The first kappa shape index (κ1) is 20.5. The van der Waals surface area contributed by atoms with Crippen LogP contribution in [0.15, 0.2) is 18.2 Å². The maximum absolute atomic E-state index is 13.1. The molecule has 2 aromatic rings. The lowest BCUT2D eigenvalue weighted by molar-refractivity contribution is 0.0780. The van der Waals surface area contributed by atoms with Crippen LogP contribution >= 0.6 is 35.6 Å². The minimum absolute atomic E-state index is 0. The smallest absolute Gasteiger partial charge is 0.274 e. The third-order valence-corrected chi connectivity index (χ3v) is 5.87. The van der Waals surface area contributed by atoms with Crippen molar-refractivity contribution in [2.24, 2.45) is 5.92 Å². The van der Waals surface area contributed by atoms with Gasteiger partial charge in [0.1, 0.15) is 0 Å². The molecule has 146 valence electrons. The fourth-order valence-corrected chi connectivity index (χ4v) is 4.57. The number of amides is 1. The molecule has 1 aliphatic heterocycles. The highest BCUT2D eigenvalue weighted by Crippen LogP contribution is 2.32. The topological polar surface area (TPSA) is 50.2 Å². The first-order chi connectivity index (χ1) is 12.6. The number of benzene rings is 1. The Morgan fingerprint density at radius 1 is 1.33 bits per heavy atom. The van der Waals surface area contributed by atoms with Crippen LogP contribution in [0.4, 0.5) is 0 Å². The van der Waals surface area contributed by atoms with Crippen LogP contribution in [0.25, 0.3) is 5.69 Å². The number of rotatable bonds is 4. The van der Waals surface area contributed by atoms with Crippen molar-refractivity contribution in [1.82, 2.24) is 20.0 Å². The van der Waals surface area contributed by atoms with Gasteiger partial charge < -0.3 is 10.2 Å². The second kappa shape index (κ2) is 8.39. The van der Waals surface area contributed by atoms with Gasteiger partial charge in [0, 0.05) is 29.4 Å². The predicted octanol–water partition coefficient (Wildman–Crippen LogP) is 3.77. The van der Waals surface area contributed by atoms with E-state index in [2.05, 4.69) is 5.32 Å². The Bertz CT molecular complexity index is 852. The highest BCUT2D eigenvalue weighted by atomic mass is 35.5. The van der Waals surface area contributed by atoms with Gasteiger partial charge in [-0.05, 0) is 63.4 Å². The zero-order valence-corrected chi connectivity index (χ0v) is 17.5. The van der Waals surface area contributed by atoms with E-state index < -0.39 is 0 Å². The molecule has 1 atom stereocenters. The van der Waals surface area contributed by atoms with Crippen molar-refractivity contribution in [2.45, 2.75) is 25.7 Å². The number of nitrogens with zero attached hydrogens (tertiary/aromatic N) is 3. The molecule has 1 saturated heterocycles. The number of hydrogen-bond acceptors (Lipinski definition) is 3. The number of hydrogen-bond donors (Lipinski definition) is 1. The molecule has 5 nitrogen and oxygen atoms in total. The quantitative estimate of drug-likeness (QED) is 0.805. The van der Waals surface area contributed by atoms with Gasteiger partial charge in [-0.1, -0.05) is 23.2 Å². The largest absolute Gasteiger partial charge is 0.337 e. The molecule has 0 saturated carbocycles. The Morgan fingerprint density at radius 3 is 2.89 bits per heavy atom. The zero-order valence-electron chi connectivity index (χ0n) is 15.2. The van der Waals surface area contributed by atoms with E-state index in [9.17, 15) is 4.79 Å². The average Bonchev–Trinajstić information content (AvgIpc) is 3.31.